The molecule has 7 heteroatoms. The number of unbranched alkanes of at least 4 members (excludes halogenated alkanes) is 4. The normalized spacial score (nSPS) is 10.1. The molecule has 0 atom stereocenters. The van der Waals surface area contributed by atoms with Crippen molar-refractivity contribution in [1.82, 2.24) is 0 Å². The van der Waals surface area contributed by atoms with Crippen molar-refractivity contribution in [2.75, 3.05) is 24.7 Å². The van der Waals surface area contributed by atoms with Crippen LogP contribution in [0.2, 0.25) is 0 Å². The molecule has 0 N–H and O–H groups in total. The van der Waals surface area contributed by atoms with E-state index >= 15 is 0 Å². The maximum atomic E-state index is 10.7. The fourth-order valence-electron chi connectivity index (χ4n) is 2.13. The third-order valence-electron chi connectivity index (χ3n) is 3.64. The summed E-state index contributed by atoms with van der Waals surface area (Å²) < 4.78 is 9.77. The molecular formula is C20H42O4S2Sr. The standard InChI is InChI=1S/2C10H20O2S.Sr.2H/c2*1-9(2)6-4-3-5-7-12-10(11)8-13;;;/h2*9,13H,3-8H2,1-2H3;;;/q;;+2;2*-1. The van der Waals surface area contributed by atoms with Gasteiger partial charge >= 0.3 is 57.4 Å². The van der Waals surface area contributed by atoms with E-state index in [1.807, 2.05) is 0 Å². The van der Waals surface area contributed by atoms with Crippen molar-refractivity contribution in [2.24, 2.45) is 11.8 Å². The second-order valence-electron chi connectivity index (χ2n) is 7.24. The molecule has 0 amide bonds. The van der Waals surface area contributed by atoms with Crippen molar-refractivity contribution in [3.8, 4) is 0 Å². The quantitative estimate of drug-likeness (QED) is 0.150. The summed E-state index contributed by atoms with van der Waals surface area (Å²) in [6.07, 6.45) is 9.25. The van der Waals surface area contributed by atoms with E-state index in [1.165, 1.54) is 25.7 Å². The largest absolute Gasteiger partial charge is 2.00 e. The average molecular weight is 498 g/mol. The minimum atomic E-state index is -0.216. The number of carbonyl (C=O) groups is 2. The first-order chi connectivity index (χ1) is 12.3. The van der Waals surface area contributed by atoms with E-state index in [0.717, 1.165) is 37.5 Å². The van der Waals surface area contributed by atoms with E-state index in [-0.39, 0.29) is 71.8 Å². The zero-order chi connectivity index (χ0) is 20.2. The van der Waals surface area contributed by atoms with Gasteiger partial charge in [0.25, 0.3) is 0 Å². The predicted molar refractivity (Wildman–Crippen MR) is 124 cm³/mol. The van der Waals surface area contributed by atoms with Crippen molar-refractivity contribution >= 4 is 82.7 Å². The molecule has 0 aliphatic heterocycles. The molecule has 0 saturated heterocycles. The molecule has 160 valence electrons. The van der Waals surface area contributed by atoms with Crippen LogP contribution in [-0.4, -0.2) is 82.1 Å². The molecular weight excluding hydrogens is 456 g/mol. The summed E-state index contributed by atoms with van der Waals surface area (Å²) >= 11 is 7.62. The molecule has 0 aliphatic carbocycles. The molecule has 0 fully saturated rings. The number of hydrogen-bond donors (Lipinski definition) is 2. The molecule has 0 radical (unpaired) electrons. The Hall–Kier alpha value is 1.12. The van der Waals surface area contributed by atoms with Gasteiger partial charge in [-0.25, -0.2) is 0 Å². The molecule has 4 nitrogen and oxygen atoms in total. The van der Waals surface area contributed by atoms with Crippen LogP contribution in [0.25, 0.3) is 0 Å². The third kappa shape index (κ3) is 32.0. The fraction of sp³-hybridized carbons (Fsp3) is 0.900. The number of esters is 2. The summed E-state index contributed by atoms with van der Waals surface area (Å²) in [4.78, 5) is 21.3. The monoisotopic (exact) mass is 498 g/mol. The van der Waals surface area contributed by atoms with Crippen LogP contribution in [-0.2, 0) is 19.1 Å². The molecule has 0 saturated carbocycles. The Morgan fingerprint density at radius 3 is 1.30 bits per heavy atom. The van der Waals surface area contributed by atoms with Crippen LogP contribution in [0, 0.1) is 11.8 Å². The van der Waals surface area contributed by atoms with Gasteiger partial charge in [0, 0.05) is 0 Å². The van der Waals surface area contributed by atoms with Gasteiger partial charge in [0.2, 0.25) is 0 Å². The van der Waals surface area contributed by atoms with Crippen molar-refractivity contribution in [3.63, 3.8) is 0 Å². The SMILES string of the molecule is CC(C)CCCCCOC(=O)CS.CC(C)CCCCCOC(=O)CS.[H-].[H-].[Sr+2]. The molecule has 0 aromatic carbocycles. The topological polar surface area (TPSA) is 52.6 Å². The van der Waals surface area contributed by atoms with Crippen molar-refractivity contribution < 1.29 is 21.9 Å². The van der Waals surface area contributed by atoms with Crippen LogP contribution >= 0.6 is 25.3 Å². The van der Waals surface area contributed by atoms with E-state index in [1.54, 1.807) is 0 Å². The van der Waals surface area contributed by atoms with Gasteiger partial charge in [-0.05, 0) is 24.7 Å². The minimum Gasteiger partial charge on any atom is -1.00 e. The Morgan fingerprint density at radius 1 is 0.704 bits per heavy atom. The van der Waals surface area contributed by atoms with Gasteiger partial charge in [0.05, 0.1) is 24.7 Å². The molecule has 0 spiro atoms. The molecule has 0 heterocycles. The molecule has 0 unspecified atom stereocenters. The van der Waals surface area contributed by atoms with Crippen LogP contribution in [0.4, 0.5) is 0 Å². The van der Waals surface area contributed by atoms with E-state index < -0.39 is 0 Å². The van der Waals surface area contributed by atoms with Gasteiger partial charge in [-0.1, -0.05) is 66.2 Å². The first kappa shape index (κ1) is 32.8. The maximum Gasteiger partial charge on any atom is 2.00 e. The predicted octanol–water partition coefficient (Wildman–Crippen LogP) is 5.20. The second-order valence-corrected chi connectivity index (χ2v) is 7.88. The van der Waals surface area contributed by atoms with Crippen molar-refractivity contribution in [3.05, 3.63) is 0 Å². The van der Waals surface area contributed by atoms with Gasteiger partial charge in [-0.2, -0.15) is 25.3 Å². The smallest absolute Gasteiger partial charge is 1.00 e. The van der Waals surface area contributed by atoms with E-state index in [0.29, 0.717) is 13.2 Å². The summed E-state index contributed by atoms with van der Waals surface area (Å²) in [6, 6.07) is 0. The summed E-state index contributed by atoms with van der Waals surface area (Å²) in [7, 11) is 0. The van der Waals surface area contributed by atoms with Gasteiger partial charge in [0.1, 0.15) is 0 Å². The molecule has 0 rings (SSSR count). The Kier molecular flexibility index (Phi) is 30.5. The summed E-state index contributed by atoms with van der Waals surface area (Å²) in [5.41, 5.74) is 0. The molecule has 0 aliphatic rings. The summed E-state index contributed by atoms with van der Waals surface area (Å²) in [5.74, 6) is 1.50. The average Bonchev–Trinajstić information content (AvgIpc) is 2.60. The van der Waals surface area contributed by atoms with Crippen LogP contribution < -0.4 is 0 Å². The number of rotatable bonds is 14. The fourth-order valence-corrected chi connectivity index (χ4v) is 2.31. The minimum absolute atomic E-state index is 0. The third-order valence-corrected chi connectivity index (χ3v) is 4.15. The number of ether oxygens (including phenoxy) is 2. The number of carbonyl (C=O) groups excluding carboxylic acids is 2. The first-order valence-corrected chi connectivity index (χ1v) is 11.1. The van der Waals surface area contributed by atoms with Crippen LogP contribution in [0.15, 0.2) is 0 Å². The number of hydrogen-bond acceptors (Lipinski definition) is 6. The Labute approximate surface area is 218 Å². The Balaban J connectivity index is -0.000000120. The summed E-state index contributed by atoms with van der Waals surface area (Å²) in [5, 5.41) is 0. The van der Waals surface area contributed by atoms with Gasteiger partial charge in [-0.3, -0.25) is 9.59 Å². The van der Waals surface area contributed by atoms with Crippen molar-refractivity contribution in [1.29, 1.82) is 0 Å². The zero-order valence-electron chi connectivity index (χ0n) is 19.9. The van der Waals surface area contributed by atoms with Gasteiger partial charge in [0.15, 0.2) is 0 Å². The summed E-state index contributed by atoms with van der Waals surface area (Å²) in [6.45, 7) is 10.00. The molecule has 0 aromatic rings. The van der Waals surface area contributed by atoms with Gasteiger partial charge in [-0.15, -0.1) is 0 Å². The van der Waals surface area contributed by atoms with Crippen molar-refractivity contribution in [2.45, 2.75) is 79.1 Å². The van der Waals surface area contributed by atoms with Crippen LogP contribution in [0.5, 0.6) is 0 Å². The Morgan fingerprint density at radius 2 is 1.04 bits per heavy atom. The molecule has 27 heavy (non-hydrogen) atoms. The van der Waals surface area contributed by atoms with E-state index in [4.69, 9.17) is 9.47 Å². The van der Waals surface area contributed by atoms with E-state index in [2.05, 4.69) is 53.0 Å². The maximum absolute atomic E-state index is 10.7. The zero-order valence-corrected chi connectivity index (χ0v) is 23.1. The van der Waals surface area contributed by atoms with E-state index in [9.17, 15) is 9.59 Å². The number of thiol groups is 2. The molecule has 0 aromatic heterocycles. The Bertz CT molecular complexity index is 318. The first-order valence-electron chi connectivity index (χ1n) is 9.86. The molecule has 0 bridgehead atoms. The van der Waals surface area contributed by atoms with Gasteiger partial charge < -0.3 is 12.3 Å². The van der Waals surface area contributed by atoms with Crippen LogP contribution in [0.1, 0.15) is 81.9 Å². The second kappa shape index (κ2) is 25.2. The van der Waals surface area contributed by atoms with Crippen LogP contribution in [0.3, 0.4) is 0 Å².